The van der Waals surface area contributed by atoms with Gasteiger partial charge in [-0.15, -0.1) is 11.3 Å². The molecule has 1 aromatic rings. The van der Waals surface area contributed by atoms with Crippen LogP contribution in [0.15, 0.2) is 0 Å². The van der Waals surface area contributed by atoms with Crippen molar-refractivity contribution in [3.63, 3.8) is 0 Å². The number of thiazole rings is 1. The highest BCUT2D eigenvalue weighted by Crippen LogP contribution is 2.31. The van der Waals surface area contributed by atoms with E-state index < -0.39 is 0 Å². The number of thioether (sulfide) groups is 1. The summed E-state index contributed by atoms with van der Waals surface area (Å²) in [5.74, 6) is 2.17. The van der Waals surface area contributed by atoms with Crippen LogP contribution in [0.4, 0.5) is 9.93 Å². The lowest BCUT2D eigenvalue weighted by atomic mass is 10.3. The zero-order valence-corrected chi connectivity index (χ0v) is 11.5. The topological polar surface area (TPSA) is 54.0 Å². The molecule has 0 fully saturated rings. The number of carbonyl (C=O) groups is 1. The number of urea groups is 1. The van der Waals surface area contributed by atoms with Crippen molar-refractivity contribution in [2.75, 3.05) is 17.6 Å². The van der Waals surface area contributed by atoms with Gasteiger partial charge in [-0.3, -0.25) is 5.32 Å². The van der Waals surface area contributed by atoms with Crippen LogP contribution in [-0.4, -0.2) is 23.3 Å². The van der Waals surface area contributed by atoms with E-state index in [1.807, 2.05) is 11.8 Å². The minimum absolute atomic E-state index is 0.141. The van der Waals surface area contributed by atoms with Crippen LogP contribution in [0.25, 0.3) is 0 Å². The number of amides is 2. The molecule has 6 heteroatoms. The highest BCUT2D eigenvalue weighted by molar-refractivity contribution is 7.98. The first kappa shape index (κ1) is 12.7. The van der Waals surface area contributed by atoms with Gasteiger partial charge in [-0.25, -0.2) is 9.78 Å². The second kappa shape index (κ2) is 6.26. The van der Waals surface area contributed by atoms with Crippen LogP contribution >= 0.6 is 23.1 Å². The Morgan fingerprint density at radius 3 is 3.18 bits per heavy atom. The van der Waals surface area contributed by atoms with Crippen molar-refractivity contribution in [2.45, 2.75) is 31.9 Å². The Hall–Kier alpha value is -0.750. The van der Waals surface area contributed by atoms with Crippen LogP contribution in [0.3, 0.4) is 0 Å². The first-order chi connectivity index (χ1) is 8.29. The van der Waals surface area contributed by atoms with Crippen molar-refractivity contribution in [1.29, 1.82) is 0 Å². The number of unbranched alkanes of at least 4 members (excludes halogenated alkanes) is 1. The summed E-state index contributed by atoms with van der Waals surface area (Å²) in [6.45, 7) is 2.83. The van der Waals surface area contributed by atoms with Crippen LogP contribution in [0, 0.1) is 0 Å². The van der Waals surface area contributed by atoms with Gasteiger partial charge in [0.15, 0.2) is 5.13 Å². The molecular formula is C11H17N3OS2. The summed E-state index contributed by atoms with van der Waals surface area (Å²) in [5.41, 5.74) is 1.16. The largest absolute Gasteiger partial charge is 0.338 e. The molecule has 0 radical (unpaired) electrons. The minimum Gasteiger partial charge on any atom is -0.338 e. The SMILES string of the molecule is CCCCNC(=O)Nc1nc2c(s1)CSCC2. The van der Waals surface area contributed by atoms with E-state index in [1.54, 1.807) is 11.3 Å². The van der Waals surface area contributed by atoms with E-state index in [2.05, 4.69) is 22.5 Å². The third-order valence-electron chi connectivity index (χ3n) is 2.53. The monoisotopic (exact) mass is 271 g/mol. The van der Waals surface area contributed by atoms with Gasteiger partial charge in [-0.1, -0.05) is 13.3 Å². The van der Waals surface area contributed by atoms with Crippen molar-refractivity contribution in [2.24, 2.45) is 0 Å². The normalized spacial score (nSPS) is 14.2. The number of fused-ring (bicyclic) bond motifs is 1. The molecule has 4 nitrogen and oxygen atoms in total. The maximum absolute atomic E-state index is 11.5. The molecule has 1 aliphatic heterocycles. The summed E-state index contributed by atoms with van der Waals surface area (Å²) < 4.78 is 0. The quantitative estimate of drug-likeness (QED) is 0.828. The third-order valence-corrected chi connectivity index (χ3v) is 4.71. The number of aryl methyl sites for hydroxylation is 1. The Kier molecular flexibility index (Phi) is 4.67. The molecule has 0 atom stereocenters. The van der Waals surface area contributed by atoms with E-state index in [1.165, 1.54) is 4.88 Å². The summed E-state index contributed by atoms with van der Waals surface area (Å²) in [6.07, 6.45) is 3.12. The van der Waals surface area contributed by atoms with Gasteiger partial charge in [0.1, 0.15) is 0 Å². The number of nitrogens with zero attached hydrogens (tertiary/aromatic N) is 1. The van der Waals surface area contributed by atoms with Gasteiger partial charge in [-0.05, 0) is 18.6 Å². The van der Waals surface area contributed by atoms with E-state index in [-0.39, 0.29) is 6.03 Å². The molecule has 1 aliphatic rings. The molecule has 1 aromatic heterocycles. The highest BCUT2D eigenvalue weighted by atomic mass is 32.2. The van der Waals surface area contributed by atoms with Crippen molar-refractivity contribution in [3.05, 3.63) is 10.6 Å². The molecule has 0 saturated heterocycles. The number of nitrogens with one attached hydrogen (secondary N) is 2. The zero-order chi connectivity index (χ0) is 12.1. The average Bonchev–Trinajstić information content (AvgIpc) is 2.71. The van der Waals surface area contributed by atoms with Crippen molar-refractivity contribution >= 4 is 34.3 Å². The van der Waals surface area contributed by atoms with Crippen molar-refractivity contribution < 1.29 is 4.79 Å². The zero-order valence-electron chi connectivity index (χ0n) is 9.91. The Balaban J connectivity index is 1.86. The second-order valence-electron chi connectivity index (χ2n) is 3.93. The molecule has 0 bridgehead atoms. The fraction of sp³-hybridized carbons (Fsp3) is 0.636. The number of anilines is 1. The van der Waals surface area contributed by atoms with Crippen LogP contribution in [-0.2, 0) is 12.2 Å². The Morgan fingerprint density at radius 1 is 1.53 bits per heavy atom. The Labute approximate surface area is 110 Å². The van der Waals surface area contributed by atoms with E-state index in [0.29, 0.717) is 0 Å². The van der Waals surface area contributed by atoms with Gasteiger partial charge in [-0.2, -0.15) is 11.8 Å². The van der Waals surface area contributed by atoms with E-state index >= 15 is 0 Å². The highest BCUT2D eigenvalue weighted by Gasteiger charge is 2.16. The van der Waals surface area contributed by atoms with Crippen LogP contribution < -0.4 is 10.6 Å². The molecule has 17 heavy (non-hydrogen) atoms. The summed E-state index contributed by atoms with van der Waals surface area (Å²) in [4.78, 5) is 17.3. The summed E-state index contributed by atoms with van der Waals surface area (Å²) in [6, 6.07) is -0.141. The molecule has 0 aromatic carbocycles. The molecule has 2 rings (SSSR count). The molecule has 0 spiro atoms. The lowest BCUT2D eigenvalue weighted by molar-refractivity contribution is 0.252. The number of rotatable bonds is 4. The summed E-state index contributed by atoms with van der Waals surface area (Å²) in [5, 5.41) is 6.36. The van der Waals surface area contributed by atoms with Crippen molar-refractivity contribution in [1.82, 2.24) is 10.3 Å². The smallest absolute Gasteiger partial charge is 0.321 e. The molecule has 2 N–H and O–H groups in total. The van der Waals surface area contributed by atoms with E-state index in [9.17, 15) is 4.79 Å². The number of aromatic nitrogens is 1. The van der Waals surface area contributed by atoms with Gasteiger partial charge in [0, 0.05) is 17.2 Å². The van der Waals surface area contributed by atoms with Gasteiger partial charge < -0.3 is 5.32 Å². The molecule has 0 aliphatic carbocycles. The average molecular weight is 271 g/mol. The van der Waals surface area contributed by atoms with E-state index in [4.69, 9.17) is 0 Å². The Morgan fingerprint density at radius 2 is 2.41 bits per heavy atom. The molecule has 0 saturated carbocycles. The lowest BCUT2D eigenvalue weighted by Gasteiger charge is -2.06. The maximum Gasteiger partial charge on any atom is 0.321 e. The third kappa shape index (κ3) is 3.61. The maximum atomic E-state index is 11.5. The first-order valence-electron chi connectivity index (χ1n) is 5.90. The summed E-state index contributed by atoms with van der Waals surface area (Å²) in [7, 11) is 0. The predicted octanol–water partition coefficient (Wildman–Crippen LogP) is 2.85. The fourth-order valence-corrected chi connectivity index (χ4v) is 3.72. The number of carbonyl (C=O) groups excluding carboxylic acids is 1. The van der Waals surface area contributed by atoms with E-state index in [0.717, 1.165) is 48.1 Å². The number of hydrogen-bond donors (Lipinski definition) is 2. The minimum atomic E-state index is -0.141. The fourth-order valence-electron chi connectivity index (χ4n) is 1.60. The first-order valence-corrected chi connectivity index (χ1v) is 7.88. The van der Waals surface area contributed by atoms with Crippen LogP contribution in [0.5, 0.6) is 0 Å². The van der Waals surface area contributed by atoms with Gasteiger partial charge in [0.05, 0.1) is 5.69 Å². The number of hydrogen-bond acceptors (Lipinski definition) is 4. The molecule has 94 valence electrons. The lowest BCUT2D eigenvalue weighted by Crippen LogP contribution is -2.29. The molecule has 2 amide bonds. The van der Waals surface area contributed by atoms with Gasteiger partial charge in [0.25, 0.3) is 0 Å². The Bertz CT molecular complexity index is 369. The van der Waals surface area contributed by atoms with Crippen LogP contribution in [0.2, 0.25) is 0 Å². The molecule has 0 unspecified atom stereocenters. The standard InChI is InChI=1S/C11H17N3OS2/c1-2-3-5-12-10(15)14-11-13-8-4-6-16-7-9(8)17-11/h2-7H2,1H3,(H2,12,13,14,15). The second-order valence-corrected chi connectivity index (χ2v) is 6.11. The molecule has 2 heterocycles. The predicted molar refractivity (Wildman–Crippen MR) is 73.9 cm³/mol. The summed E-state index contributed by atoms with van der Waals surface area (Å²) >= 11 is 3.53. The van der Waals surface area contributed by atoms with Gasteiger partial charge in [0.2, 0.25) is 0 Å². The van der Waals surface area contributed by atoms with Gasteiger partial charge >= 0.3 is 6.03 Å². The van der Waals surface area contributed by atoms with Crippen molar-refractivity contribution in [3.8, 4) is 0 Å². The molecular weight excluding hydrogens is 254 g/mol. The van der Waals surface area contributed by atoms with Crippen LogP contribution in [0.1, 0.15) is 30.3 Å².